The van der Waals surface area contributed by atoms with Gasteiger partial charge in [0, 0.05) is 30.3 Å². The minimum atomic E-state index is -0.787. The van der Waals surface area contributed by atoms with Gasteiger partial charge >= 0.3 is 5.97 Å². The molecule has 0 unspecified atom stereocenters. The normalized spacial score (nSPS) is 21.5. The average molecular weight is 456 g/mol. The van der Waals surface area contributed by atoms with Gasteiger partial charge in [-0.1, -0.05) is 36.4 Å². The van der Waals surface area contributed by atoms with Crippen molar-refractivity contribution in [3.8, 4) is 0 Å². The van der Waals surface area contributed by atoms with Crippen molar-refractivity contribution < 1.29 is 18.3 Å². The van der Waals surface area contributed by atoms with Gasteiger partial charge in [-0.15, -0.1) is 22.0 Å². The van der Waals surface area contributed by atoms with Crippen LogP contribution >= 0.6 is 11.8 Å². The molecule has 166 valence electrons. The van der Waals surface area contributed by atoms with Crippen LogP contribution in [0.15, 0.2) is 48.5 Å². The lowest BCUT2D eigenvalue weighted by atomic mass is 9.94. The lowest BCUT2D eigenvalue weighted by molar-refractivity contribution is -0.147. The van der Waals surface area contributed by atoms with E-state index >= 15 is 0 Å². The largest absolute Gasteiger partial charge is 0.460 e. The van der Waals surface area contributed by atoms with Crippen LogP contribution in [0.1, 0.15) is 42.5 Å². The molecule has 1 atom stereocenters. The molecule has 2 aliphatic rings. The zero-order valence-electron chi connectivity index (χ0n) is 17.7. The van der Waals surface area contributed by atoms with Crippen molar-refractivity contribution in [3.63, 3.8) is 0 Å². The van der Waals surface area contributed by atoms with Crippen molar-refractivity contribution in [1.82, 2.24) is 14.8 Å². The molecule has 2 aromatic carbocycles. The number of fused-ring (bicyclic) bond motifs is 1. The number of carbonyl (C=O) groups excluding carboxylic acids is 1. The molecule has 32 heavy (non-hydrogen) atoms. The number of hydrogen-bond acceptors (Lipinski definition) is 5. The second kappa shape index (κ2) is 7.99. The van der Waals surface area contributed by atoms with E-state index in [1.54, 1.807) is 11.8 Å². The Morgan fingerprint density at radius 3 is 2.66 bits per heavy atom. The zero-order chi connectivity index (χ0) is 22.3. The summed E-state index contributed by atoms with van der Waals surface area (Å²) in [7, 11) is 0. The van der Waals surface area contributed by atoms with E-state index in [1.165, 1.54) is 12.1 Å². The Kier molecular flexibility index (Phi) is 5.28. The Morgan fingerprint density at radius 1 is 1.16 bits per heavy atom. The SMILES string of the molecule is C[C@]1(C(=O)OCc2ccccc2)Cc2nnc(C3(c4ccc(F)cc4F)CC3)n2CCS1. The molecule has 3 aromatic rings. The lowest BCUT2D eigenvalue weighted by Crippen LogP contribution is -2.36. The highest BCUT2D eigenvalue weighted by atomic mass is 32.2. The van der Waals surface area contributed by atoms with Gasteiger partial charge < -0.3 is 9.30 Å². The molecule has 1 aliphatic carbocycles. The molecule has 1 fully saturated rings. The van der Waals surface area contributed by atoms with Crippen LogP contribution < -0.4 is 0 Å². The minimum absolute atomic E-state index is 0.223. The average Bonchev–Trinajstić information content (AvgIpc) is 3.51. The summed E-state index contributed by atoms with van der Waals surface area (Å²) in [4.78, 5) is 13.0. The number of rotatable bonds is 5. The van der Waals surface area contributed by atoms with Crippen LogP contribution in [0, 0.1) is 11.6 Å². The molecule has 5 nitrogen and oxygen atoms in total. The Morgan fingerprint density at radius 2 is 1.94 bits per heavy atom. The molecule has 1 aliphatic heterocycles. The molecule has 2 heterocycles. The number of hydrogen-bond donors (Lipinski definition) is 0. The fourth-order valence-electron chi connectivity index (χ4n) is 4.39. The second-order valence-corrected chi connectivity index (χ2v) is 10.2. The van der Waals surface area contributed by atoms with Gasteiger partial charge in [0.15, 0.2) is 0 Å². The predicted octanol–water partition coefficient (Wildman–Crippen LogP) is 4.43. The molecule has 8 heteroatoms. The number of ether oxygens (including phenoxy) is 1. The van der Waals surface area contributed by atoms with E-state index in [0.717, 1.165) is 24.5 Å². The maximum absolute atomic E-state index is 14.6. The summed E-state index contributed by atoms with van der Waals surface area (Å²) >= 11 is 1.54. The number of carbonyl (C=O) groups is 1. The van der Waals surface area contributed by atoms with Crippen LogP contribution in [-0.4, -0.2) is 31.2 Å². The van der Waals surface area contributed by atoms with Gasteiger partial charge in [0.25, 0.3) is 0 Å². The molecule has 0 bridgehead atoms. The van der Waals surface area contributed by atoms with Crippen LogP contribution in [-0.2, 0) is 34.5 Å². The monoisotopic (exact) mass is 455 g/mol. The lowest BCUT2D eigenvalue weighted by Gasteiger charge is -2.24. The van der Waals surface area contributed by atoms with Gasteiger partial charge in [0.1, 0.15) is 34.6 Å². The first-order valence-electron chi connectivity index (χ1n) is 10.6. The van der Waals surface area contributed by atoms with Crippen molar-refractivity contribution in [2.24, 2.45) is 0 Å². The number of nitrogens with zero attached hydrogens (tertiary/aromatic N) is 3. The molecule has 0 radical (unpaired) electrons. The summed E-state index contributed by atoms with van der Waals surface area (Å²) in [6.07, 6.45) is 1.84. The third kappa shape index (κ3) is 3.70. The van der Waals surface area contributed by atoms with Crippen LogP contribution in [0.2, 0.25) is 0 Å². The Bertz CT molecular complexity index is 1160. The molecular weight excluding hydrogens is 432 g/mol. The standard InChI is InChI=1S/C24H23F2N3O2S/c1-23(22(30)31-15-16-5-3-2-4-6-16)14-20-27-28-21(29(20)11-12-32-23)24(9-10-24)18-8-7-17(25)13-19(18)26/h2-8,13H,9-12,14-15H2,1H3/t23-/m1/s1. The summed E-state index contributed by atoms with van der Waals surface area (Å²) in [6, 6.07) is 13.3. The molecule has 1 saturated carbocycles. The first-order chi connectivity index (χ1) is 15.4. The first kappa shape index (κ1) is 21.1. The van der Waals surface area contributed by atoms with E-state index in [2.05, 4.69) is 10.2 Å². The molecule has 0 amide bonds. The highest BCUT2D eigenvalue weighted by Crippen LogP contribution is 2.54. The summed E-state index contributed by atoms with van der Waals surface area (Å²) in [5.74, 6) is 0.630. The molecule has 0 saturated heterocycles. The molecule has 5 rings (SSSR count). The number of thioether (sulfide) groups is 1. The maximum Gasteiger partial charge on any atom is 0.322 e. The third-order valence-corrected chi connectivity index (χ3v) is 7.66. The summed E-state index contributed by atoms with van der Waals surface area (Å²) in [5.41, 5.74) is 0.809. The van der Waals surface area contributed by atoms with Gasteiger partial charge in [-0.05, 0) is 31.4 Å². The van der Waals surface area contributed by atoms with Gasteiger partial charge in [-0.2, -0.15) is 0 Å². The van der Waals surface area contributed by atoms with E-state index in [4.69, 9.17) is 4.74 Å². The van der Waals surface area contributed by atoms with Crippen molar-refractivity contribution in [2.45, 2.75) is 49.5 Å². The number of halogens is 2. The highest BCUT2D eigenvalue weighted by Gasteiger charge is 2.52. The zero-order valence-corrected chi connectivity index (χ0v) is 18.5. The van der Waals surface area contributed by atoms with Crippen LogP contribution in [0.4, 0.5) is 8.78 Å². The maximum atomic E-state index is 14.6. The van der Waals surface area contributed by atoms with Crippen LogP contribution in [0.25, 0.3) is 0 Å². The summed E-state index contributed by atoms with van der Waals surface area (Å²) in [6.45, 7) is 2.72. The summed E-state index contributed by atoms with van der Waals surface area (Å²) in [5, 5.41) is 8.81. The highest BCUT2D eigenvalue weighted by molar-refractivity contribution is 8.01. The summed E-state index contributed by atoms with van der Waals surface area (Å²) < 4.78 is 34.9. The Hall–Kier alpha value is -2.74. The van der Waals surface area contributed by atoms with Crippen LogP contribution in [0.3, 0.4) is 0 Å². The Labute approximate surface area is 189 Å². The third-order valence-electron chi connectivity index (χ3n) is 6.33. The van der Waals surface area contributed by atoms with Crippen molar-refractivity contribution in [3.05, 3.63) is 82.9 Å². The molecule has 0 spiro atoms. The van der Waals surface area contributed by atoms with E-state index in [-0.39, 0.29) is 12.6 Å². The minimum Gasteiger partial charge on any atom is -0.460 e. The topological polar surface area (TPSA) is 57.0 Å². The van der Waals surface area contributed by atoms with E-state index in [1.807, 2.05) is 41.8 Å². The van der Waals surface area contributed by atoms with Gasteiger partial charge in [0.2, 0.25) is 0 Å². The van der Waals surface area contributed by atoms with E-state index < -0.39 is 21.8 Å². The first-order valence-corrected chi connectivity index (χ1v) is 11.6. The second-order valence-electron chi connectivity index (χ2n) is 8.62. The molecule has 0 N–H and O–H groups in total. The number of benzene rings is 2. The van der Waals surface area contributed by atoms with E-state index in [9.17, 15) is 13.6 Å². The fraction of sp³-hybridized carbons (Fsp3) is 0.375. The number of esters is 1. The van der Waals surface area contributed by atoms with Crippen LogP contribution in [0.5, 0.6) is 0 Å². The van der Waals surface area contributed by atoms with E-state index in [0.29, 0.717) is 35.9 Å². The number of aromatic nitrogens is 3. The Balaban J connectivity index is 1.39. The van der Waals surface area contributed by atoms with Gasteiger partial charge in [-0.3, -0.25) is 4.79 Å². The quantitative estimate of drug-likeness (QED) is 0.533. The van der Waals surface area contributed by atoms with Gasteiger partial charge in [0.05, 0.1) is 5.41 Å². The molecule has 1 aromatic heterocycles. The van der Waals surface area contributed by atoms with Crippen molar-refractivity contribution >= 4 is 17.7 Å². The molecular formula is C24H23F2N3O2S. The van der Waals surface area contributed by atoms with Crippen molar-refractivity contribution in [1.29, 1.82) is 0 Å². The fourth-order valence-corrected chi connectivity index (χ4v) is 5.53. The van der Waals surface area contributed by atoms with Gasteiger partial charge in [-0.25, -0.2) is 8.78 Å². The van der Waals surface area contributed by atoms with Crippen molar-refractivity contribution in [2.75, 3.05) is 5.75 Å². The smallest absolute Gasteiger partial charge is 0.322 e. The predicted molar refractivity (Wildman–Crippen MR) is 117 cm³/mol.